The molecule has 3 heterocycles. The molecular formula is C92H59N3. The van der Waals surface area contributed by atoms with Crippen LogP contribution in [0.15, 0.2) is 358 Å². The lowest BCUT2D eigenvalue weighted by atomic mass is 9.86. The van der Waals surface area contributed by atoms with E-state index in [-0.39, 0.29) is 0 Å². The Kier molecular flexibility index (Phi) is 12.6. The molecule has 0 radical (unpaired) electrons. The predicted molar refractivity (Wildman–Crippen MR) is 405 cm³/mol. The summed E-state index contributed by atoms with van der Waals surface area (Å²) in [5.74, 6) is 0. The second-order valence-corrected chi connectivity index (χ2v) is 25.0. The molecule has 20 rings (SSSR count). The summed E-state index contributed by atoms with van der Waals surface area (Å²) in [6.07, 6.45) is 0. The zero-order chi connectivity index (χ0) is 62.5. The highest BCUT2D eigenvalue weighted by atomic mass is 15.0. The van der Waals surface area contributed by atoms with Crippen LogP contribution < -0.4 is 0 Å². The number of benzene rings is 17. The standard InChI is InChI=1S/C46H30N2.C46H29N/c1-3-13-33(14-4-1)47-43-21-11-9-19-39(43)41-29-31(23-27-45(41)47)35-25-26-36(38-18-8-7-17-37(35)38)32-24-28-46-42(30-32)40-20-10-12-22-44(40)48(46)34-15-5-2-6-16-34;1-2-14-32(15-3-1)43-37-18-8-10-20-39(37)44(40-21-11-9-19-38(40)43)33-22-26-34(27-23-33)47-41-28-24-30-12-4-6-16-35(30)45(41)46-36-17-7-5-13-31(36)25-29-42(46)47/h1-30H;1-29H. The van der Waals surface area contributed by atoms with Crippen molar-refractivity contribution in [3.05, 3.63) is 358 Å². The van der Waals surface area contributed by atoms with Crippen LogP contribution in [0.1, 0.15) is 0 Å². The van der Waals surface area contributed by atoms with Crippen molar-refractivity contribution in [1.29, 1.82) is 0 Å². The van der Waals surface area contributed by atoms with E-state index in [1.165, 1.54) is 175 Å². The Balaban J connectivity index is 0.000000134. The van der Waals surface area contributed by atoms with Gasteiger partial charge in [-0.15, -0.1) is 0 Å². The van der Waals surface area contributed by atoms with Gasteiger partial charge in [0.05, 0.1) is 33.1 Å². The second-order valence-electron chi connectivity index (χ2n) is 25.0. The van der Waals surface area contributed by atoms with Crippen molar-refractivity contribution in [2.24, 2.45) is 0 Å². The third-order valence-electron chi connectivity index (χ3n) is 19.9. The summed E-state index contributed by atoms with van der Waals surface area (Å²) < 4.78 is 7.20. The van der Waals surface area contributed by atoms with Gasteiger partial charge in [0.2, 0.25) is 0 Å². The van der Waals surface area contributed by atoms with E-state index in [4.69, 9.17) is 0 Å². The quantitative estimate of drug-likeness (QED) is 0.141. The Hall–Kier alpha value is -12.6. The number of para-hydroxylation sites is 4. The van der Waals surface area contributed by atoms with Crippen molar-refractivity contribution >= 4 is 119 Å². The summed E-state index contributed by atoms with van der Waals surface area (Å²) in [5.41, 5.74) is 20.8. The fraction of sp³-hybridized carbons (Fsp3) is 0. The van der Waals surface area contributed by atoms with Crippen molar-refractivity contribution in [2.75, 3.05) is 0 Å². The van der Waals surface area contributed by atoms with E-state index < -0.39 is 0 Å². The van der Waals surface area contributed by atoms with Gasteiger partial charge in [0, 0.05) is 49.4 Å². The van der Waals surface area contributed by atoms with Gasteiger partial charge in [0.1, 0.15) is 0 Å². The van der Waals surface area contributed by atoms with Crippen LogP contribution in [-0.4, -0.2) is 13.7 Å². The first-order valence-corrected chi connectivity index (χ1v) is 32.8. The first-order valence-electron chi connectivity index (χ1n) is 32.8. The van der Waals surface area contributed by atoms with E-state index in [0.29, 0.717) is 0 Å². The van der Waals surface area contributed by atoms with Crippen molar-refractivity contribution < 1.29 is 0 Å². The zero-order valence-corrected chi connectivity index (χ0v) is 51.9. The fourth-order valence-corrected chi connectivity index (χ4v) is 15.8. The predicted octanol–water partition coefficient (Wildman–Crippen LogP) is 25.1. The summed E-state index contributed by atoms with van der Waals surface area (Å²) >= 11 is 0. The Morgan fingerprint density at radius 1 is 0.158 bits per heavy atom. The smallest absolute Gasteiger partial charge is 0.0547 e. The molecule has 0 amide bonds. The number of rotatable bonds is 7. The van der Waals surface area contributed by atoms with Gasteiger partial charge in [-0.1, -0.05) is 273 Å². The SMILES string of the molecule is c1ccc(-c2c3ccccc3c(-c3ccc(-n4c5ccc6ccccc6c5c5c6ccccc6ccc54)cc3)c3ccccc23)cc1.c1ccc(-n2c3ccccc3c3cc(-c4ccc(-c5ccc6c(c5)c5ccccc5n6-c5ccccc5)c5ccccc45)ccc32)cc1. The number of hydrogen-bond donors (Lipinski definition) is 0. The first kappa shape index (κ1) is 54.2. The van der Waals surface area contributed by atoms with Crippen LogP contribution in [0, 0.1) is 0 Å². The summed E-state index contributed by atoms with van der Waals surface area (Å²) in [6.45, 7) is 0. The molecule has 0 aliphatic heterocycles. The second kappa shape index (κ2) is 22.1. The lowest BCUT2D eigenvalue weighted by molar-refractivity contribution is 1.18. The maximum absolute atomic E-state index is 2.45. The molecule has 3 heteroatoms. The van der Waals surface area contributed by atoms with Gasteiger partial charge < -0.3 is 13.7 Å². The molecule has 0 unspecified atom stereocenters. The molecule has 17 aromatic carbocycles. The summed E-state index contributed by atoms with van der Waals surface area (Å²) in [5, 5.41) is 20.4. The molecule has 0 N–H and O–H groups in total. The van der Waals surface area contributed by atoms with E-state index in [9.17, 15) is 0 Å². The zero-order valence-electron chi connectivity index (χ0n) is 51.9. The highest BCUT2D eigenvalue weighted by molar-refractivity contribution is 6.29. The van der Waals surface area contributed by atoms with Gasteiger partial charge in [-0.3, -0.25) is 0 Å². The van der Waals surface area contributed by atoms with Crippen molar-refractivity contribution in [3.8, 4) is 61.6 Å². The summed E-state index contributed by atoms with van der Waals surface area (Å²) in [6, 6.07) is 131. The summed E-state index contributed by atoms with van der Waals surface area (Å²) in [4.78, 5) is 0. The normalized spacial score (nSPS) is 11.8. The third kappa shape index (κ3) is 8.67. The molecule has 0 saturated heterocycles. The number of fused-ring (bicyclic) bond motifs is 16. The monoisotopic (exact) mass is 1210 g/mol. The largest absolute Gasteiger partial charge is 0.309 e. The molecular weight excluding hydrogens is 1150 g/mol. The Morgan fingerprint density at radius 2 is 0.453 bits per heavy atom. The molecule has 0 bridgehead atoms. The Bertz CT molecular complexity index is 6080. The van der Waals surface area contributed by atoms with E-state index >= 15 is 0 Å². The molecule has 3 aromatic heterocycles. The molecule has 442 valence electrons. The van der Waals surface area contributed by atoms with Gasteiger partial charge in [-0.25, -0.2) is 0 Å². The number of nitrogens with zero attached hydrogens (tertiary/aromatic N) is 3. The molecule has 0 spiro atoms. The number of aromatic nitrogens is 3. The Morgan fingerprint density at radius 3 is 0.884 bits per heavy atom. The van der Waals surface area contributed by atoms with E-state index in [1.807, 2.05) is 0 Å². The van der Waals surface area contributed by atoms with Crippen LogP contribution in [0.25, 0.3) is 181 Å². The van der Waals surface area contributed by atoms with Crippen LogP contribution in [0.4, 0.5) is 0 Å². The average Bonchev–Trinajstić information content (AvgIpc) is 1.56. The third-order valence-corrected chi connectivity index (χ3v) is 19.9. The molecule has 0 aliphatic carbocycles. The van der Waals surface area contributed by atoms with Gasteiger partial charge in [-0.05, 0) is 183 Å². The van der Waals surface area contributed by atoms with Gasteiger partial charge >= 0.3 is 0 Å². The maximum Gasteiger partial charge on any atom is 0.0547 e. The van der Waals surface area contributed by atoms with Crippen LogP contribution in [0.5, 0.6) is 0 Å². The Labute approximate surface area is 549 Å². The molecule has 95 heavy (non-hydrogen) atoms. The van der Waals surface area contributed by atoms with Crippen LogP contribution >= 0.6 is 0 Å². The molecule has 3 nitrogen and oxygen atoms in total. The van der Waals surface area contributed by atoms with Crippen molar-refractivity contribution in [3.63, 3.8) is 0 Å². The minimum absolute atomic E-state index is 1.16. The van der Waals surface area contributed by atoms with Gasteiger partial charge in [-0.2, -0.15) is 0 Å². The van der Waals surface area contributed by atoms with Crippen LogP contribution in [-0.2, 0) is 0 Å². The topological polar surface area (TPSA) is 14.8 Å². The highest BCUT2D eigenvalue weighted by Crippen LogP contribution is 2.47. The van der Waals surface area contributed by atoms with Gasteiger partial charge in [0.25, 0.3) is 0 Å². The van der Waals surface area contributed by atoms with Crippen molar-refractivity contribution in [1.82, 2.24) is 13.7 Å². The molecule has 0 fully saturated rings. The molecule has 0 atom stereocenters. The number of hydrogen-bond acceptors (Lipinski definition) is 0. The minimum atomic E-state index is 1.16. The minimum Gasteiger partial charge on any atom is -0.309 e. The van der Waals surface area contributed by atoms with E-state index in [0.717, 1.165) is 5.69 Å². The first-order chi connectivity index (χ1) is 47.2. The lowest BCUT2D eigenvalue weighted by Crippen LogP contribution is -1.95. The van der Waals surface area contributed by atoms with Crippen LogP contribution in [0.2, 0.25) is 0 Å². The van der Waals surface area contributed by atoms with Crippen molar-refractivity contribution in [2.45, 2.75) is 0 Å². The summed E-state index contributed by atoms with van der Waals surface area (Å²) in [7, 11) is 0. The van der Waals surface area contributed by atoms with E-state index in [1.54, 1.807) is 0 Å². The van der Waals surface area contributed by atoms with Gasteiger partial charge in [0.15, 0.2) is 0 Å². The highest BCUT2D eigenvalue weighted by Gasteiger charge is 2.22. The average molecular weight is 1210 g/mol. The molecule has 0 aliphatic rings. The molecule has 0 saturated carbocycles. The van der Waals surface area contributed by atoms with E-state index in [2.05, 4.69) is 372 Å². The fourth-order valence-electron chi connectivity index (χ4n) is 15.8. The molecule has 20 aromatic rings. The van der Waals surface area contributed by atoms with Crippen LogP contribution in [0.3, 0.4) is 0 Å². The lowest BCUT2D eigenvalue weighted by Gasteiger charge is -2.18. The maximum atomic E-state index is 2.45.